The van der Waals surface area contributed by atoms with E-state index in [4.69, 9.17) is 5.73 Å². The van der Waals surface area contributed by atoms with Crippen LogP contribution >= 0.6 is 0 Å². The number of allylic oxidation sites excluding steroid dienone is 5. The lowest BCUT2D eigenvalue weighted by molar-refractivity contribution is 1.12. The van der Waals surface area contributed by atoms with E-state index >= 15 is 0 Å². The van der Waals surface area contributed by atoms with Crippen molar-refractivity contribution in [2.75, 3.05) is 0 Å². The molecule has 0 saturated carbocycles. The Morgan fingerprint density at radius 1 is 1.38 bits per heavy atom. The van der Waals surface area contributed by atoms with E-state index in [0.29, 0.717) is 12.3 Å². The minimum Gasteiger partial charge on any atom is -0.387 e. The molecule has 0 saturated heterocycles. The molecule has 0 radical (unpaired) electrons. The lowest BCUT2D eigenvalue weighted by Gasteiger charge is -2.01. The van der Waals surface area contributed by atoms with Gasteiger partial charge in [-0.3, -0.25) is 0 Å². The van der Waals surface area contributed by atoms with Gasteiger partial charge in [0.1, 0.15) is 5.84 Å². The van der Waals surface area contributed by atoms with Gasteiger partial charge in [-0.1, -0.05) is 31.7 Å². The molecule has 0 bridgehead atoms. The Balaban J connectivity index is 4.34. The topological polar surface area (TPSA) is 38.4 Å². The van der Waals surface area contributed by atoms with Crippen LogP contribution in [-0.4, -0.2) is 5.84 Å². The second-order valence-electron chi connectivity index (χ2n) is 3.40. The van der Waals surface area contributed by atoms with Crippen LogP contribution in [-0.2, 0) is 0 Å². The van der Waals surface area contributed by atoms with Crippen LogP contribution in [0.25, 0.3) is 0 Å². The fourth-order valence-corrected chi connectivity index (χ4v) is 1.24. The van der Waals surface area contributed by atoms with Crippen molar-refractivity contribution in [3.05, 3.63) is 48.2 Å². The van der Waals surface area contributed by atoms with Crippen LogP contribution in [0, 0.1) is 0 Å². The third-order valence-electron chi connectivity index (χ3n) is 2.22. The number of nitrogens with two attached hydrogens (primary N) is 1. The van der Waals surface area contributed by atoms with Crippen molar-refractivity contribution < 1.29 is 0 Å². The van der Waals surface area contributed by atoms with Gasteiger partial charge >= 0.3 is 0 Å². The highest BCUT2D eigenvalue weighted by Gasteiger charge is 1.93. The Bertz CT molecular complexity index is 331. The van der Waals surface area contributed by atoms with E-state index in [1.807, 2.05) is 32.1 Å². The predicted molar refractivity (Wildman–Crippen MR) is 73.4 cm³/mol. The van der Waals surface area contributed by atoms with Crippen LogP contribution in [0.1, 0.15) is 33.6 Å². The molecule has 2 N–H and O–H groups in total. The largest absolute Gasteiger partial charge is 0.387 e. The van der Waals surface area contributed by atoms with Gasteiger partial charge in [0.15, 0.2) is 0 Å². The summed E-state index contributed by atoms with van der Waals surface area (Å²) in [6.07, 6.45) is 11.3. The summed E-state index contributed by atoms with van der Waals surface area (Å²) in [6.45, 7) is 10.1. The Morgan fingerprint density at radius 3 is 2.56 bits per heavy atom. The average Bonchev–Trinajstić information content (AvgIpc) is 2.28. The van der Waals surface area contributed by atoms with Crippen molar-refractivity contribution in [3.63, 3.8) is 0 Å². The smallest absolute Gasteiger partial charge is 0.103 e. The zero-order chi connectivity index (χ0) is 12.4. The fraction of sp³-hybridized carbons (Fsp3) is 0.357. The van der Waals surface area contributed by atoms with Crippen molar-refractivity contribution in [1.29, 1.82) is 0 Å². The molecule has 0 fully saturated rings. The third-order valence-corrected chi connectivity index (χ3v) is 2.22. The molecular weight excluding hydrogens is 196 g/mol. The average molecular weight is 218 g/mol. The number of hydrogen-bond donors (Lipinski definition) is 1. The van der Waals surface area contributed by atoms with E-state index in [9.17, 15) is 0 Å². The van der Waals surface area contributed by atoms with Crippen molar-refractivity contribution in [2.24, 2.45) is 10.7 Å². The number of amidine groups is 1. The Labute approximate surface area is 99.0 Å². The molecule has 0 aromatic heterocycles. The maximum Gasteiger partial charge on any atom is 0.103 e. The molecule has 0 aliphatic carbocycles. The summed E-state index contributed by atoms with van der Waals surface area (Å²) < 4.78 is 0. The van der Waals surface area contributed by atoms with E-state index in [1.165, 1.54) is 5.57 Å². The standard InChI is InChI=1S/C14H22N2/c1-5-8-9-14(15)16-11-10-12(4)13(6-2)7-3/h5-6,8,10-11H,4,7,9H2,1-3H3,(H2,15,16)/b8-5-,11-10-,13-6-. The summed E-state index contributed by atoms with van der Waals surface area (Å²) >= 11 is 0. The van der Waals surface area contributed by atoms with Crippen LogP contribution in [0.15, 0.2) is 53.2 Å². The first-order valence-electron chi connectivity index (χ1n) is 5.60. The summed E-state index contributed by atoms with van der Waals surface area (Å²) in [5, 5.41) is 0. The monoisotopic (exact) mass is 218 g/mol. The summed E-state index contributed by atoms with van der Waals surface area (Å²) in [6, 6.07) is 0. The lowest BCUT2D eigenvalue weighted by Crippen LogP contribution is -2.08. The first-order chi connectivity index (χ1) is 7.65. The molecule has 0 atom stereocenters. The SMILES string of the molecule is C=C(/C=C\N=C(N)C/C=C\C)/C(=C\C)CC. The fourth-order valence-electron chi connectivity index (χ4n) is 1.24. The third kappa shape index (κ3) is 6.02. The molecule has 0 unspecified atom stereocenters. The van der Waals surface area contributed by atoms with Crippen molar-refractivity contribution >= 4 is 5.84 Å². The maximum absolute atomic E-state index is 5.69. The molecule has 0 aromatic rings. The quantitative estimate of drug-likeness (QED) is 0.314. The van der Waals surface area contributed by atoms with Gasteiger partial charge in [-0.15, -0.1) is 0 Å². The maximum atomic E-state index is 5.69. The molecule has 0 aromatic carbocycles. The summed E-state index contributed by atoms with van der Waals surface area (Å²) in [4.78, 5) is 4.13. The zero-order valence-electron chi connectivity index (χ0n) is 10.5. The molecule has 88 valence electrons. The van der Waals surface area contributed by atoms with Gasteiger partial charge in [0, 0.05) is 12.6 Å². The van der Waals surface area contributed by atoms with E-state index in [0.717, 1.165) is 12.0 Å². The molecule has 0 heterocycles. The van der Waals surface area contributed by atoms with Gasteiger partial charge in [-0.25, -0.2) is 4.99 Å². The van der Waals surface area contributed by atoms with Crippen molar-refractivity contribution in [3.8, 4) is 0 Å². The van der Waals surface area contributed by atoms with Gasteiger partial charge in [0.05, 0.1) is 0 Å². The van der Waals surface area contributed by atoms with Gasteiger partial charge in [0.2, 0.25) is 0 Å². The molecule has 0 amide bonds. The molecule has 0 aliphatic heterocycles. The van der Waals surface area contributed by atoms with E-state index in [1.54, 1.807) is 6.20 Å². The second kappa shape index (κ2) is 8.72. The summed E-state index contributed by atoms with van der Waals surface area (Å²) in [5.41, 5.74) is 7.92. The highest BCUT2D eigenvalue weighted by Crippen LogP contribution is 2.12. The molecular formula is C14H22N2. The molecule has 16 heavy (non-hydrogen) atoms. The van der Waals surface area contributed by atoms with E-state index < -0.39 is 0 Å². The number of nitrogens with zero attached hydrogens (tertiary/aromatic N) is 1. The summed E-state index contributed by atoms with van der Waals surface area (Å²) in [5.74, 6) is 0.612. The van der Waals surface area contributed by atoms with Crippen molar-refractivity contribution in [2.45, 2.75) is 33.6 Å². The highest BCUT2D eigenvalue weighted by atomic mass is 14.8. The molecule has 0 aliphatic rings. The van der Waals surface area contributed by atoms with Crippen LogP contribution in [0.5, 0.6) is 0 Å². The minimum absolute atomic E-state index is 0.612. The van der Waals surface area contributed by atoms with Gasteiger partial charge in [-0.05, 0) is 37.5 Å². The van der Waals surface area contributed by atoms with E-state index in [2.05, 4.69) is 24.6 Å². The van der Waals surface area contributed by atoms with Crippen LogP contribution in [0.3, 0.4) is 0 Å². The molecule has 2 heteroatoms. The molecule has 2 nitrogen and oxygen atoms in total. The van der Waals surface area contributed by atoms with E-state index in [-0.39, 0.29) is 0 Å². The molecule has 0 spiro atoms. The normalized spacial score (nSPS) is 13.9. The van der Waals surface area contributed by atoms with Crippen LogP contribution in [0.2, 0.25) is 0 Å². The zero-order valence-corrected chi connectivity index (χ0v) is 10.5. The second-order valence-corrected chi connectivity index (χ2v) is 3.40. The van der Waals surface area contributed by atoms with Crippen molar-refractivity contribution in [1.82, 2.24) is 0 Å². The molecule has 0 rings (SSSR count). The van der Waals surface area contributed by atoms with Gasteiger partial charge in [0.25, 0.3) is 0 Å². The van der Waals surface area contributed by atoms with Crippen LogP contribution in [0.4, 0.5) is 0 Å². The Morgan fingerprint density at radius 2 is 2.06 bits per heavy atom. The number of hydrogen-bond acceptors (Lipinski definition) is 1. The minimum atomic E-state index is 0.612. The van der Waals surface area contributed by atoms with Gasteiger partial charge in [-0.2, -0.15) is 0 Å². The number of rotatable bonds is 6. The Hall–Kier alpha value is -1.57. The first-order valence-corrected chi connectivity index (χ1v) is 5.60. The summed E-state index contributed by atoms with van der Waals surface area (Å²) in [7, 11) is 0. The predicted octanol–water partition coefficient (Wildman–Crippen LogP) is 3.74. The highest BCUT2D eigenvalue weighted by molar-refractivity contribution is 5.82. The number of aliphatic imine (C=N–C) groups is 1. The van der Waals surface area contributed by atoms with Gasteiger partial charge < -0.3 is 5.73 Å². The van der Waals surface area contributed by atoms with Crippen LogP contribution < -0.4 is 5.73 Å². The first kappa shape index (κ1) is 14.4. The Kier molecular flexibility index (Phi) is 7.86. The lowest BCUT2D eigenvalue weighted by atomic mass is 10.1.